The van der Waals surface area contributed by atoms with E-state index in [4.69, 9.17) is 4.74 Å². The minimum Gasteiger partial charge on any atom is -0.508 e. The molecule has 0 amide bonds. The zero-order valence-corrected chi connectivity index (χ0v) is 27.0. The summed E-state index contributed by atoms with van der Waals surface area (Å²) in [5.74, 6) is -1.52. The van der Waals surface area contributed by atoms with Crippen LogP contribution in [0.5, 0.6) is 11.5 Å². The van der Waals surface area contributed by atoms with Crippen LogP contribution in [0.1, 0.15) is 113 Å². The minimum atomic E-state index is -1.67. The Kier molecular flexibility index (Phi) is 9.54. The van der Waals surface area contributed by atoms with Gasteiger partial charge in [0.15, 0.2) is 5.60 Å². The first kappa shape index (κ1) is 31.1. The number of fused-ring (bicyclic) bond motifs is 1. The lowest BCUT2D eigenvalue weighted by molar-refractivity contribution is 0.0236. The number of ether oxygens (including phenoxy) is 1. The number of carboxylic acids is 1. The molecule has 8 heteroatoms. The van der Waals surface area contributed by atoms with Crippen LogP contribution in [0.25, 0.3) is 0 Å². The van der Waals surface area contributed by atoms with E-state index in [9.17, 15) is 24.9 Å². The van der Waals surface area contributed by atoms with E-state index >= 15 is 0 Å². The first-order valence-corrected chi connectivity index (χ1v) is 15.8. The average Bonchev–Trinajstić information content (AvgIpc) is 3.21. The molecular weight excluding hydrogens is 652 g/mol. The van der Waals surface area contributed by atoms with Gasteiger partial charge in [0.25, 0.3) is 0 Å². The Morgan fingerprint density at radius 1 is 0.780 bits per heavy atom. The number of carboxylic acid groups (broad SMARTS) is 1. The van der Waals surface area contributed by atoms with Crippen molar-refractivity contribution >= 4 is 43.8 Å². The summed E-state index contributed by atoms with van der Waals surface area (Å²) in [6.07, 6.45) is 5.22. The lowest BCUT2D eigenvalue weighted by Gasteiger charge is -2.37. The number of hydrogen-bond donors (Lipinski definition) is 3. The molecule has 0 aliphatic carbocycles. The van der Waals surface area contributed by atoms with Gasteiger partial charge in [0, 0.05) is 36.8 Å². The molecule has 1 aliphatic rings. The largest absolute Gasteiger partial charge is 0.508 e. The topological polar surface area (TPSA) is 104 Å². The number of halogens is 2. The van der Waals surface area contributed by atoms with Crippen LogP contribution < -0.4 is 0 Å². The number of phenols is 2. The van der Waals surface area contributed by atoms with Gasteiger partial charge in [0.05, 0.1) is 11.1 Å². The highest BCUT2D eigenvalue weighted by molar-refractivity contribution is 9.11. The Balaban J connectivity index is 2.35. The number of carbonyl (C=O) groups excluding carboxylic acids is 1. The summed E-state index contributed by atoms with van der Waals surface area (Å²) >= 11 is 7.64. The van der Waals surface area contributed by atoms with E-state index in [2.05, 4.69) is 31.9 Å². The Morgan fingerprint density at radius 3 is 1.66 bits per heavy atom. The van der Waals surface area contributed by atoms with E-state index in [0.29, 0.717) is 56.9 Å². The number of phenolic OH excluding ortho intramolecular Hbond substituents is 2. The molecule has 0 atom stereocenters. The molecule has 0 saturated carbocycles. The van der Waals surface area contributed by atoms with Gasteiger partial charge in [-0.25, -0.2) is 9.59 Å². The Morgan fingerprint density at radius 2 is 1.24 bits per heavy atom. The fourth-order valence-corrected chi connectivity index (χ4v) is 8.00. The second kappa shape index (κ2) is 12.6. The Labute approximate surface area is 258 Å². The van der Waals surface area contributed by atoms with Gasteiger partial charge in [-0.05, 0) is 92.9 Å². The van der Waals surface area contributed by atoms with Crippen LogP contribution >= 0.6 is 31.9 Å². The van der Waals surface area contributed by atoms with E-state index < -0.39 is 17.5 Å². The van der Waals surface area contributed by atoms with Gasteiger partial charge in [-0.15, -0.1) is 0 Å². The van der Waals surface area contributed by atoms with E-state index in [1.54, 1.807) is 24.3 Å². The van der Waals surface area contributed by atoms with Crippen molar-refractivity contribution < 1.29 is 29.6 Å². The summed E-state index contributed by atoms with van der Waals surface area (Å²) in [5.41, 5.74) is 2.78. The zero-order valence-electron chi connectivity index (χ0n) is 23.9. The summed E-state index contributed by atoms with van der Waals surface area (Å²) in [6.45, 7) is 8.08. The maximum absolute atomic E-state index is 13.8. The number of carbonyl (C=O) groups is 2. The Bertz CT molecular complexity index is 1440. The molecule has 218 valence electrons. The number of rotatable bonds is 11. The molecule has 0 aromatic heterocycles. The third-order valence-corrected chi connectivity index (χ3v) is 9.46. The number of esters is 1. The molecule has 0 radical (unpaired) electrons. The van der Waals surface area contributed by atoms with E-state index in [1.807, 2.05) is 27.7 Å². The highest BCUT2D eigenvalue weighted by Gasteiger charge is 2.55. The monoisotopic (exact) mass is 686 g/mol. The van der Waals surface area contributed by atoms with Crippen molar-refractivity contribution in [2.24, 2.45) is 0 Å². The van der Waals surface area contributed by atoms with Crippen molar-refractivity contribution in [3.63, 3.8) is 0 Å². The van der Waals surface area contributed by atoms with Gasteiger partial charge in [-0.1, -0.05) is 59.4 Å². The maximum atomic E-state index is 13.8. The number of hydrogen-bond acceptors (Lipinski definition) is 5. The molecule has 3 aromatic rings. The van der Waals surface area contributed by atoms with Crippen LogP contribution in [-0.2, 0) is 36.0 Å². The summed E-state index contributed by atoms with van der Waals surface area (Å²) < 4.78 is 7.71. The molecule has 0 saturated heterocycles. The summed E-state index contributed by atoms with van der Waals surface area (Å²) in [6, 6.07) is 8.12. The fourth-order valence-electron chi connectivity index (χ4n) is 6.13. The molecule has 1 aliphatic heterocycles. The molecule has 41 heavy (non-hydrogen) atoms. The highest BCUT2D eigenvalue weighted by Crippen LogP contribution is 2.57. The number of benzene rings is 3. The van der Waals surface area contributed by atoms with Crippen LogP contribution in [0.3, 0.4) is 0 Å². The summed E-state index contributed by atoms with van der Waals surface area (Å²) in [4.78, 5) is 26.6. The first-order chi connectivity index (χ1) is 19.6. The fraction of sp³-hybridized carbons (Fsp3) is 0.394. The van der Waals surface area contributed by atoms with Gasteiger partial charge >= 0.3 is 11.9 Å². The van der Waals surface area contributed by atoms with Crippen molar-refractivity contribution in [2.45, 2.75) is 84.7 Å². The van der Waals surface area contributed by atoms with Gasteiger partial charge < -0.3 is 20.1 Å². The molecule has 4 rings (SSSR count). The summed E-state index contributed by atoms with van der Waals surface area (Å²) in [7, 11) is 0. The van der Waals surface area contributed by atoms with Crippen molar-refractivity contribution in [1.82, 2.24) is 0 Å². The molecular formula is C33H36Br2O6. The molecule has 3 aromatic carbocycles. The second-order valence-electron chi connectivity index (χ2n) is 10.5. The van der Waals surface area contributed by atoms with Crippen molar-refractivity contribution in [1.29, 1.82) is 0 Å². The predicted molar refractivity (Wildman–Crippen MR) is 166 cm³/mol. The predicted octanol–water partition coefficient (Wildman–Crippen LogP) is 8.59. The molecule has 6 nitrogen and oxygen atoms in total. The number of aromatic hydroxyl groups is 2. The zero-order chi connectivity index (χ0) is 30.1. The third kappa shape index (κ3) is 5.18. The van der Waals surface area contributed by atoms with Gasteiger partial charge in [-0.2, -0.15) is 0 Å². The SMILES string of the molecule is CCCc1cc(O)c(CCC)c(Br)c1C1(c2c(CCC)cc(O)c(CCC)c2Br)OC(=O)c2cccc(C(=O)O)c21. The standard InChI is InChI=1S/C33H36Br2O6/c1-5-10-18-16-24(36)20(12-7-3)29(34)26(18)33(28-22(31(38)39)14-9-15-23(28)32(40)41-33)27-19(11-6-2)17-25(37)21(13-8-4)30(27)35/h9,14-17,36-37H,5-8,10-13H2,1-4H3,(H,38,39). The van der Waals surface area contributed by atoms with E-state index in [0.717, 1.165) is 36.8 Å². The summed E-state index contributed by atoms with van der Waals surface area (Å²) in [5, 5.41) is 32.7. The minimum absolute atomic E-state index is 0.0349. The maximum Gasteiger partial charge on any atom is 0.340 e. The van der Waals surface area contributed by atoms with Gasteiger partial charge in [0.2, 0.25) is 0 Å². The van der Waals surface area contributed by atoms with Crippen LogP contribution in [0, 0.1) is 0 Å². The first-order valence-electron chi connectivity index (χ1n) is 14.3. The third-order valence-electron chi connectivity index (χ3n) is 7.71. The smallest absolute Gasteiger partial charge is 0.340 e. The van der Waals surface area contributed by atoms with Crippen molar-refractivity contribution in [3.8, 4) is 11.5 Å². The average molecular weight is 688 g/mol. The quantitative estimate of drug-likeness (QED) is 0.175. The molecule has 1 heterocycles. The molecule has 3 N–H and O–H groups in total. The normalized spacial score (nSPS) is 13.8. The van der Waals surface area contributed by atoms with Crippen LogP contribution in [0.4, 0.5) is 0 Å². The number of aromatic carboxylic acids is 1. The second-order valence-corrected chi connectivity index (χ2v) is 12.1. The van der Waals surface area contributed by atoms with Crippen LogP contribution in [-0.4, -0.2) is 27.3 Å². The lowest BCUT2D eigenvalue weighted by Crippen LogP contribution is -2.35. The lowest BCUT2D eigenvalue weighted by atomic mass is 9.72. The molecule has 0 spiro atoms. The molecule has 0 fully saturated rings. The van der Waals surface area contributed by atoms with E-state index in [1.165, 1.54) is 6.07 Å². The molecule has 0 unspecified atom stereocenters. The van der Waals surface area contributed by atoms with Gasteiger partial charge in [-0.3, -0.25) is 0 Å². The number of cyclic esters (lactones) is 1. The van der Waals surface area contributed by atoms with Crippen molar-refractivity contribution in [3.05, 3.63) is 89.3 Å². The van der Waals surface area contributed by atoms with E-state index in [-0.39, 0.29) is 28.2 Å². The van der Waals surface area contributed by atoms with Gasteiger partial charge in [0.1, 0.15) is 11.5 Å². The molecule has 0 bridgehead atoms. The van der Waals surface area contributed by atoms with Crippen LogP contribution in [0.2, 0.25) is 0 Å². The van der Waals surface area contributed by atoms with Crippen LogP contribution in [0.15, 0.2) is 39.3 Å². The highest BCUT2D eigenvalue weighted by atomic mass is 79.9. The number of aryl methyl sites for hydroxylation is 2. The van der Waals surface area contributed by atoms with Crippen molar-refractivity contribution in [2.75, 3.05) is 0 Å². The Hall–Kier alpha value is -2.84.